The monoisotopic (exact) mass is 391 g/mol. The number of para-hydroxylation sites is 1. The van der Waals surface area contributed by atoms with Crippen LogP contribution in [0.3, 0.4) is 0 Å². The number of piperidine rings is 1. The number of likely N-dealkylation sites (N-methyl/N-ethyl adjacent to an activating group) is 1. The van der Waals surface area contributed by atoms with Crippen LogP contribution in [0.1, 0.15) is 37.8 Å². The molecule has 3 amide bonds. The summed E-state index contributed by atoms with van der Waals surface area (Å²) < 4.78 is 5.68. The molecule has 1 aliphatic rings. The Hall–Kier alpha value is -2.77. The van der Waals surface area contributed by atoms with Crippen LogP contribution >= 0.6 is 0 Å². The number of hydrogen-bond acceptors (Lipinski definition) is 4. The van der Waals surface area contributed by atoms with Crippen LogP contribution < -0.4 is 10.1 Å². The van der Waals surface area contributed by atoms with Crippen LogP contribution in [0, 0.1) is 5.92 Å². The minimum atomic E-state index is -0.867. The summed E-state index contributed by atoms with van der Waals surface area (Å²) in [7, 11) is 3.32. The van der Waals surface area contributed by atoms with Crippen molar-refractivity contribution >= 4 is 17.9 Å². The average molecular weight is 391 g/mol. The number of ether oxygens (including phenoxy) is 1. The van der Waals surface area contributed by atoms with E-state index in [2.05, 4.69) is 5.32 Å². The Bertz CT molecular complexity index is 707. The van der Waals surface area contributed by atoms with Gasteiger partial charge in [0.2, 0.25) is 0 Å². The van der Waals surface area contributed by atoms with Gasteiger partial charge in [-0.15, -0.1) is 0 Å². The minimum absolute atomic E-state index is 0.0825. The van der Waals surface area contributed by atoms with Gasteiger partial charge >= 0.3 is 12.0 Å². The molecule has 2 unspecified atom stereocenters. The molecule has 0 spiro atoms. The first-order valence-electron chi connectivity index (χ1n) is 9.53. The van der Waals surface area contributed by atoms with Gasteiger partial charge in [-0.25, -0.2) is 4.79 Å². The maximum absolute atomic E-state index is 12.7. The summed E-state index contributed by atoms with van der Waals surface area (Å²) in [5.41, 5.74) is 0.789. The van der Waals surface area contributed by atoms with E-state index in [9.17, 15) is 19.5 Å². The van der Waals surface area contributed by atoms with Crippen molar-refractivity contribution in [3.05, 3.63) is 29.8 Å². The molecule has 1 aromatic rings. The van der Waals surface area contributed by atoms with Crippen LogP contribution in [0.2, 0.25) is 0 Å². The van der Waals surface area contributed by atoms with Gasteiger partial charge in [-0.05, 0) is 25.3 Å². The van der Waals surface area contributed by atoms with Gasteiger partial charge in [0.1, 0.15) is 5.75 Å². The third-order valence-electron chi connectivity index (χ3n) is 4.91. The van der Waals surface area contributed by atoms with Crippen molar-refractivity contribution in [3.8, 4) is 5.75 Å². The van der Waals surface area contributed by atoms with E-state index in [1.54, 1.807) is 25.1 Å². The van der Waals surface area contributed by atoms with Gasteiger partial charge < -0.3 is 25.0 Å². The van der Waals surface area contributed by atoms with Gasteiger partial charge in [0.15, 0.2) is 6.61 Å². The molecule has 2 rings (SSSR count). The normalized spacial score (nSPS) is 17.5. The van der Waals surface area contributed by atoms with Crippen molar-refractivity contribution in [2.75, 3.05) is 33.8 Å². The number of aliphatic carboxylic acids is 1. The molecule has 2 N–H and O–H groups in total. The van der Waals surface area contributed by atoms with Crippen molar-refractivity contribution < 1.29 is 24.2 Å². The number of urea groups is 1. The molecule has 2 atom stereocenters. The number of nitrogens with zero attached hydrogens (tertiary/aromatic N) is 2. The van der Waals surface area contributed by atoms with E-state index in [1.807, 2.05) is 25.1 Å². The average Bonchev–Trinajstić information content (AvgIpc) is 2.70. The lowest BCUT2D eigenvalue weighted by Gasteiger charge is -2.32. The third-order valence-corrected chi connectivity index (χ3v) is 4.91. The molecule has 1 fully saturated rings. The smallest absolute Gasteiger partial charge is 0.317 e. The SMILES string of the molecule is CCC(NC(=O)N1CCCC(C(=O)O)C1)c1ccccc1OCC(=O)N(C)C. The fraction of sp³-hybridized carbons (Fsp3) is 0.550. The number of carbonyl (C=O) groups is 3. The zero-order valence-corrected chi connectivity index (χ0v) is 16.7. The van der Waals surface area contributed by atoms with E-state index in [0.29, 0.717) is 31.6 Å². The quantitative estimate of drug-likeness (QED) is 0.742. The highest BCUT2D eigenvalue weighted by atomic mass is 16.5. The van der Waals surface area contributed by atoms with Crippen LogP contribution in [0.25, 0.3) is 0 Å². The van der Waals surface area contributed by atoms with Crippen molar-refractivity contribution in [3.63, 3.8) is 0 Å². The Morgan fingerprint density at radius 1 is 1.32 bits per heavy atom. The number of carboxylic acid groups (broad SMARTS) is 1. The first kappa shape index (κ1) is 21.5. The molecular formula is C20H29N3O5. The Balaban J connectivity index is 2.07. The highest BCUT2D eigenvalue weighted by Crippen LogP contribution is 2.28. The molecule has 0 aromatic heterocycles. The minimum Gasteiger partial charge on any atom is -0.483 e. The molecule has 1 saturated heterocycles. The molecule has 1 heterocycles. The summed E-state index contributed by atoms with van der Waals surface area (Å²) >= 11 is 0. The lowest BCUT2D eigenvalue weighted by molar-refractivity contribution is -0.143. The van der Waals surface area contributed by atoms with E-state index < -0.39 is 11.9 Å². The fourth-order valence-corrected chi connectivity index (χ4v) is 3.17. The van der Waals surface area contributed by atoms with Crippen molar-refractivity contribution in [1.82, 2.24) is 15.1 Å². The van der Waals surface area contributed by atoms with Gasteiger partial charge in [0.25, 0.3) is 5.91 Å². The molecule has 8 heteroatoms. The molecular weight excluding hydrogens is 362 g/mol. The van der Waals surface area contributed by atoms with Crippen molar-refractivity contribution in [1.29, 1.82) is 0 Å². The molecule has 28 heavy (non-hydrogen) atoms. The topological polar surface area (TPSA) is 99.2 Å². The second kappa shape index (κ2) is 9.96. The lowest BCUT2D eigenvalue weighted by Crippen LogP contribution is -2.47. The second-order valence-corrected chi connectivity index (χ2v) is 7.15. The second-order valence-electron chi connectivity index (χ2n) is 7.15. The fourth-order valence-electron chi connectivity index (χ4n) is 3.17. The predicted octanol–water partition coefficient (Wildman–Crippen LogP) is 2.11. The van der Waals surface area contributed by atoms with Gasteiger partial charge in [0, 0.05) is 32.7 Å². The van der Waals surface area contributed by atoms with E-state index in [0.717, 1.165) is 5.56 Å². The summed E-state index contributed by atoms with van der Waals surface area (Å²) in [6, 6.07) is 6.72. The number of benzene rings is 1. The highest BCUT2D eigenvalue weighted by Gasteiger charge is 2.29. The summed E-state index contributed by atoms with van der Waals surface area (Å²) in [5.74, 6) is -0.993. The Labute approximate surface area is 165 Å². The highest BCUT2D eigenvalue weighted by molar-refractivity contribution is 5.78. The van der Waals surface area contributed by atoms with Gasteiger partial charge in [-0.2, -0.15) is 0 Å². The largest absolute Gasteiger partial charge is 0.483 e. The molecule has 1 aromatic carbocycles. The standard InChI is InChI=1S/C20H29N3O5/c1-4-16(21-20(27)23-11-7-8-14(12-23)19(25)26)15-9-5-6-10-17(15)28-13-18(24)22(2)3/h5-6,9-10,14,16H,4,7-8,11-13H2,1-3H3,(H,21,27)(H,25,26). The lowest BCUT2D eigenvalue weighted by atomic mass is 9.98. The summed E-state index contributed by atoms with van der Waals surface area (Å²) in [5, 5.41) is 12.2. The van der Waals surface area contributed by atoms with E-state index >= 15 is 0 Å². The van der Waals surface area contributed by atoms with Crippen LogP contribution in [0.4, 0.5) is 4.79 Å². The Morgan fingerprint density at radius 2 is 2.04 bits per heavy atom. The Morgan fingerprint density at radius 3 is 2.68 bits per heavy atom. The summed E-state index contributed by atoms with van der Waals surface area (Å²) in [6.45, 7) is 2.62. The van der Waals surface area contributed by atoms with Crippen LogP contribution in [-0.2, 0) is 9.59 Å². The molecule has 8 nitrogen and oxygen atoms in total. The number of carboxylic acids is 1. The predicted molar refractivity (Wildman–Crippen MR) is 104 cm³/mol. The number of likely N-dealkylation sites (tertiary alicyclic amines) is 1. The van der Waals surface area contributed by atoms with Gasteiger partial charge in [-0.1, -0.05) is 25.1 Å². The summed E-state index contributed by atoms with van der Waals surface area (Å²) in [4.78, 5) is 38.8. The Kier molecular flexibility index (Phi) is 7.66. The zero-order chi connectivity index (χ0) is 20.7. The molecule has 0 aliphatic carbocycles. The molecule has 154 valence electrons. The van der Waals surface area contributed by atoms with E-state index in [1.165, 1.54) is 4.90 Å². The first-order chi connectivity index (χ1) is 13.3. The van der Waals surface area contributed by atoms with Crippen molar-refractivity contribution in [2.24, 2.45) is 5.92 Å². The zero-order valence-electron chi connectivity index (χ0n) is 16.7. The maximum Gasteiger partial charge on any atom is 0.317 e. The molecule has 1 aliphatic heterocycles. The van der Waals surface area contributed by atoms with Gasteiger partial charge in [0.05, 0.1) is 12.0 Å². The van der Waals surface area contributed by atoms with Crippen LogP contribution in [0.15, 0.2) is 24.3 Å². The third kappa shape index (κ3) is 5.61. The number of rotatable bonds is 7. The van der Waals surface area contributed by atoms with E-state index in [-0.39, 0.29) is 31.1 Å². The summed E-state index contributed by atoms with van der Waals surface area (Å²) in [6.07, 6.45) is 1.89. The van der Waals surface area contributed by atoms with Crippen LogP contribution in [0.5, 0.6) is 5.75 Å². The number of hydrogen-bond donors (Lipinski definition) is 2. The molecule has 0 saturated carbocycles. The van der Waals surface area contributed by atoms with Gasteiger partial charge in [-0.3, -0.25) is 9.59 Å². The maximum atomic E-state index is 12.7. The number of amides is 3. The number of nitrogens with one attached hydrogen (secondary N) is 1. The van der Waals surface area contributed by atoms with E-state index in [4.69, 9.17) is 4.74 Å². The number of carbonyl (C=O) groups excluding carboxylic acids is 2. The van der Waals surface area contributed by atoms with Crippen LogP contribution in [-0.4, -0.2) is 66.6 Å². The molecule has 0 bridgehead atoms. The first-order valence-corrected chi connectivity index (χ1v) is 9.53. The van der Waals surface area contributed by atoms with Crippen molar-refractivity contribution in [2.45, 2.75) is 32.2 Å². The molecule has 0 radical (unpaired) electrons.